The molecule has 1 saturated heterocycles. The number of nitrogens with one attached hydrogen (secondary N) is 1. The average molecular weight is 252 g/mol. The first kappa shape index (κ1) is 13.0. The molecule has 0 aromatic carbocycles. The normalized spacial score (nSPS) is 23.9. The number of likely N-dealkylation sites (tertiary alicyclic amines) is 1. The van der Waals surface area contributed by atoms with E-state index in [1.165, 1.54) is 0 Å². The highest BCUT2D eigenvalue weighted by Crippen LogP contribution is 2.22. The van der Waals surface area contributed by atoms with Gasteiger partial charge in [0.05, 0.1) is 24.9 Å². The van der Waals surface area contributed by atoms with Gasteiger partial charge in [-0.1, -0.05) is 0 Å². The van der Waals surface area contributed by atoms with Crippen LogP contribution in [0, 0.1) is 0 Å². The number of β-amino-alcohol motifs (C(OH)–C–C–N with tert-alkyl or cyclic N) is 1. The molecule has 6 heteroatoms. The predicted octanol–water partition coefficient (Wildman–Crippen LogP) is -0.523. The van der Waals surface area contributed by atoms with Gasteiger partial charge in [0.2, 0.25) is 5.91 Å². The molecular formula is C12H20N4O2. The van der Waals surface area contributed by atoms with E-state index in [0.29, 0.717) is 32.5 Å². The molecule has 0 aliphatic carbocycles. The Bertz CT molecular complexity index is 404. The van der Waals surface area contributed by atoms with Gasteiger partial charge in [-0.3, -0.25) is 4.79 Å². The van der Waals surface area contributed by atoms with Crippen molar-refractivity contribution >= 4 is 5.91 Å². The van der Waals surface area contributed by atoms with Gasteiger partial charge in [-0.25, -0.2) is 4.98 Å². The summed E-state index contributed by atoms with van der Waals surface area (Å²) in [5.74, 6) is 0.0360. The number of nitrogens with zero attached hydrogens (tertiary/aromatic N) is 3. The fourth-order valence-electron chi connectivity index (χ4n) is 2.44. The number of aromatic amines is 1. The third kappa shape index (κ3) is 3.08. The third-order valence-electron chi connectivity index (χ3n) is 3.19. The van der Waals surface area contributed by atoms with Crippen LogP contribution in [0.2, 0.25) is 0 Å². The van der Waals surface area contributed by atoms with E-state index in [4.69, 9.17) is 0 Å². The van der Waals surface area contributed by atoms with Crippen LogP contribution in [0.15, 0.2) is 12.5 Å². The lowest BCUT2D eigenvalue weighted by atomic mass is 10.0. The molecule has 0 radical (unpaired) electrons. The fraction of sp³-hybridized carbons (Fsp3) is 0.667. The van der Waals surface area contributed by atoms with E-state index in [1.807, 2.05) is 19.0 Å². The quantitative estimate of drug-likeness (QED) is 0.756. The topological polar surface area (TPSA) is 72.5 Å². The minimum Gasteiger partial charge on any atom is -0.387 e. The minimum atomic E-state index is -0.771. The molecule has 1 amide bonds. The van der Waals surface area contributed by atoms with Crippen LogP contribution in [0.4, 0.5) is 0 Å². The van der Waals surface area contributed by atoms with Crippen molar-refractivity contribution in [3.63, 3.8) is 0 Å². The molecule has 2 heterocycles. The highest BCUT2D eigenvalue weighted by Gasteiger charge is 2.38. The number of likely N-dealkylation sites (N-methyl/N-ethyl adjacent to an activating group) is 1. The van der Waals surface area contributed by atoms with E-state index in [-0.39, 0.29) is 5.91 Å². The molecule has 1 aromatic rings. The largest absolute Gasteiger partial charge is 0.387 e. The van der Waals surface area contributed by atoms with Gasteiger partial charge in [-0.15, -0.1) is 0 Å². The first-order valence-corrected chi connectivity index (χ1v) is 6.11. The SMILES string of the molecule is CN(C)CC1(O)CCN(C(=O)Cc2cnc[nH]2)C1. The Morgan fingerprint density at radius 3 is 3.06 bits per heavy atom. The number of amides is 1. The molecule has 1 atom stereocenters. The summed E-state index contributed by atoms with van der Waals surface area (Å²) in [7, 11) is 3.85. The molecule has 1 fully saturated rings. The van der Waals surface area contributed by atoms with Crippen molar-refractivity contribution in [1.29, 1.82) is 0 Å². The van der Waals surface area contributed by atoms with Crippen LogP contribution in [0.1, 0.15) is 12.1 Å². The molecule has 0 bridgehead atoms. The summed E-state index contributed by atoms with van der Waals surface area (Å²) >= 11 is 0. The lowest BCUT2D eigenvalue weighted by Crippen LogP contribution is -2.43. The Hall–Kier alpha value is -1.40. The number of imidazole rings is 1. The first-order chi connectivity index (χ1) is 8.48. The second-order valence-corrected chi connectivity index (χ2v) is 5.28. The fourth-order valence-corrected chi connectivity index (χ4v) is 2.44. The molecule has 0 spiro atoms. The molecule has 100 valence electrons. The van der Waals surface area contributed by atoms with Gasteiger partial charge in [0.25, 0.3) is 0 Å². The highest BCUT2D eigenvalue weighted by molar-refractivity contribution is 5.78. The second kappa shape index (κ2) is 5.07. The Labute approximate surface area is 107 Å². The summed E-state index contributed by atoms with van der Waals surface area (Å²) in [4.78, 5) is 22.5. The lowest BCUT2D eigenvalue weighted by Gasteiger charge is -2.26. The standard InChI is InChI=1S/C12H20N4O2/c1-15(2)7-12(18)3-4-16(8-12)11(17)5-10-6-13-9-14-10/h6,9,18H,3-5,7-8H2,1-2H3,(H,13,14). The minimum absolute atomic E-state index is 0.0360. The van der Waals surface area contributed by atoms with E-state index in [2.05, 4.69) is 9.97 Å². The van der Waals surface area contributed by atoms with Gasteiger partial charge in [0.1, 0.15) is 0 Å². The van der Waals surface area contributed by atoms with Gasteiger partial charge in [0.15, 0.2) is 0 Å². The zero-order valence-electron chi connectivity index (χ0n) is 10.9. The number of hydrogen-bond donors (Lipinski definition) is 2. The molecule has 6 nitrogen and oxygen atoms in total. The summed E-state index contributed by atoms with van der Waals surface area (Å²) in [6, 6.07) is 0. The summed E-state index contributed by atoms with van der Waals surface area (Å²) in [5, 5.41) is 10.4. The van der Waals surface area contributed by atoms with Crippen molar-refractivity contribution in [3.05, 3.63) is 18.2 Å². The van der Waals surface area contributed by atoms with E-state index < -0.39 is 5.60 Å². The van der Waals surface area contributed by atoms with Crippen LogP contribution < -0.4 is 0 Å². The Morgan fingerprint density at radius 1 is 1.67 bits per heavy atom. The van der Waals surface area contributed by atoms with Crippen LogP contribution in [0.3, 0.4) is 0 Å². The van der Waals surface area contributed by atoms with Crippen molar-refractivity contribution in [3.8, 4) is 0 Å². The summed E-state index contributed by atoms with van der Waals surface area (Å²) in [6.45, 7) is 1.62. The van der Waals surface area contributed by atoms with Crippen molar-refractivity contribution in [2.75, 3.05) is 33.7 Å². The van der Waals surface area contributed by atoms with Crippen LogP contribution in [0.25, 0.3) is 0 Å². The molecule has 18 heavy (non-hydrogen) atoms. The third-order valence-corrected chi connectivity index (χ3v) is 3.19. The number of aromatic nitrogens is 2. The molecule has 2 rings (SSSR count). The Kier molecular flexibility index (Phi) is 3.68. The first-order valence-electron chi connectivity index (χ1n) is 6.11. The maximum Gasteiger partial charge on any atom is 0.228 e. The second-order valence-electron chi connectivity index (χ2n) is 5.28. The Morgan fingerprint density at radius 2 is 2.44 bits per heavy atom. The number of aliphatic hydroxyl groups is 1. The lowest BCUT2D eigenvalue weighted by molar-refractivity contribution is -0.130. The van der Waals surface area contributed by atoms with E-state index in [1.54, 1.807) is 17.4 Å². The molecule has 1 unspecified atom stereocenters. The number of H-pyrrole nitrogens is 1. The van der Waals surface area contributed by atoms with Gasteiger partial charge in [0, 0.05) is 25.0 Å². The molecular weight excluding hydrogens is 232 g/mol. The molecule has 0 saturated carbocycles. The summed E-state index contributed by atoms with van der Waals surface area (Å²) in [5.41, 5.74) is 0.0377. The average Bonchev–Trinajstić information content (AvgIpc) is 2.87. The molecule has 2 N–H and O–H groups in total. The number of hydrogen-bond acceptors (Lipinski definition) is 4. The van der Waals surface area contributed by atoms with Gasteiger partial charge in [-0.05, 0) is 20.5 Å². The van der Waals surface area contributed by atoms with E-state index >= 15 is 0 Å². The molecule has 1 aromatic heterocycles. The number of carbonyl (C=O) groups excluding carboxylic acids is 1. The van der Waals surface area contributed by atoms with Crippen LogP contribution in [-0.2, 0) is 11.2 Å². The summed E-state index contributed by atoms with van der Waals surface area (Å²) < 4.78 is 0. The molecule has 1 aliphatic heterocycles. The molecule has 1 aliphatic rings. The smallest absolute Gasteiger partial charge is 0.228 e. The maximum atomic E-state index is 12.0. The van der Waals surface area contributed by atoms with Crippen LogP contribution in [0.5, 0.6) is 0 Å². The summed E-state index contributed by atoms with van der Waals surface area (Å²) in [6.07, 6.45) is 4.17. The van der Waals surface area contributed by atoms with Crippen molar-refractivity contribution < 1.29 is 9.90 Å². The van der Waals surface area contributed by atoms with Gasteiger partial charge >= 0.3 is 0 Å². The zero-order chi connectivity index (χ0) is 13.2. The maximum absolute atomic E-state index is 12.0. The Balaban J connectivity index is 1.90. The zero-order valence-corrected chi connectivity index (χ0v) is 10.9. The van der Waals surface area contributed by atoms with Gasteiger partial charge in [-0.2, -0.15) is 0 Å². The van der Waals surface area contributed by atoms with Crippen molar-refractivity contribution in [1.82, 2.24) is 19.8 Å². The van der Waals surface area contributed by atoms with E-state index in [0.717, 1.165) is 5.69 Å². The van der Waals surface area contributed by atoms with E-state index in [9.17, 15) is 9.90 Å². The number of rotatable bonds is 4. The van der Waals surface area contributed by atoms with Crippen molar-refractivity contribution in [2.45, 2.75) is 18.4 Å². The highest BCUT2D eigenvalue weighted by atomic mass is 16.3. The monoisotopic (exact) mass is 252 g/mol. The number of carbonyl (C=O) groups is 1. The van der Waals surface area contributed by atoms with Crippen LogP contribution in [-0.4, -0.2) is 70.1 Å². The predicted molar refractivity (Wildman–Crippen MR) is 67.0 cm³/mol. The van der Waals surface area contributed by atoms with Gasteiger partial charge < -0.3 is 19.9 Å². The van der Waals surface area contributed by atoms with Crippen LogP contribution >= 0.6 is 0 Å². The van der Waals surface area contributed by atoms with Crippen molar-refractivity contribution in [2.24, 2.45) is 0 Å².